The molecule has 178 valence electrons. The van der Waals surface area contributed by atoms with Crippen LogP contribution in [0.3, 0.4) is 0 Å². The second kappa shape index (κ2) is 16.7. The van der Waals surface area contributed by atoms with Gasteiger partial charge in [0.25, 0.3) is 0 Å². The molecule has 8 heteroatoms. The van der Waals surface area contributed by atoms with E-state index in [1.165, 1.54) is 11.1 Å². The Morgan fingerprint density at radius 3 is 2.84 bits per heavy atom. The first-order valence-corrected chi connectivity index (χ1v) is 11.2. The molecule has 1 unspecified atom stereocenters. The smallest absolute Gasteiger partial charge is 0.191 e. The lowest BCUT2D eigenvalue weighted by atomic mass is 10.1. The van der Waals surface area contributed by atoms with E-state index in [-0.39, 0.29) is 24.0 Å². The zero-order chi connectivity index (χ0) is 21.6. The summed E-state index contributed by atoms with van der Waals surface area (Å²) in [5.41, 5.74) is 2.58. The molecule has 1 aromatic carbocycles. The standard InChI is InChI=1S/C23H41N5O2.HI/c1-5-24-23(25-10-12-27(3)11-7-14-29-4)26-17-21-8-6-9-22(16-21)19-28-13-15-30-20(2)18-28;/h6,8-9,16,20H,5,7,10-15,17-19H2,1-4H3,(H2,24,25,26);1H. The second-order valence-corrected chi connectivity index (χ2v) is 8.01. The van der Waals surface area contributed by atoms with E-state index in [1.807, 2.05) is 0 Å². The van der Waals surface area contributed by atoms with Gasteiger partial charge in [0.1, 0.15) is 0 Å². The van der Waals surface area contributed by atoms with Gasteiger partial charge in [-0.2, -0.15) is 0 Å². The van der Waals surface area contributed by atoms with Crippen LogP contribution in [-0.2, 0) is 22.6 Å². The molecular formula is C23H42IN5O2. The minimum absolute atomic E-state index is 0. The number of hydrogen-bond acceptors (Lipinski definition) is 5. The number of methoxy groups -OCH3 is 1. The van der Waals surface area contributed by atoms with Crippen molar-refractivity contribution in [2.45, 2.75) is 39.5 Å². The topological polar surface area (TPSA) is 61.4 Å². The highest BCUT2D eigenvalue weighted by Crippen LogP contribution is 2.12. The van der Waals surface area contributed by atoms with E-state index in [9.17, 15) is 0 Å². The van der Waals surface area contributed by atoms with Crippen molar-refractivity contribution in [3.05, 3.63) is 35.4 Å². The Hall–Kier alpha value is -0.940. The van der Waals surface area contributed by atoms with E-state index in [0.29, 0.717) is 12.6 Å². The summed E-state index contributed by atoms with van der Waals surface area (Å²) in [5, 5.41) is 6.78. The lowest BCUT2D eigenvalue weighted by Crippen LogP contribution is -2.41. The van der Waals surface area contributed by atoms with Crippen LogP contribution < -0.4 is 10.6 Å². The number of nitrogens with one attached hydrogen (secondary N) is 2. The highest BCUT2D eigenvalue weighted by molar-refractivity contribution is 14.0. The van der Waals surface area contributed by atoms with Gasteiger partial charge in [-0.05, 0) is 38.4 Å². The number of morpholine rings is 1. The molecule has 1 fully saturated rings. The van der Waals surface area contributed by atoms with E-state index in [2.05, 4.69) is 65.6 Å². The van der Waals surface area contributed by atoms with Gasteiger partial charge in [-0.15, -0.1) is 24.0 Å². The number of likely N-dealkylation sites (N-methyl/N-ethyl adjacent to an activating group) is 1. The maximum absolute atomic E-state index is 5.65. The highest BCUT2D eigenvalue weighted by Gasteiger charge is 2.16. The van der Waals surface area contributed by atoms with Gasteiger partial charge in [0, 0.05) is 59.5 Å². The van der Waals surface area contributed by atoms with Crippen molar-refractivity contribution in [2.75, 3.05) is 66.6 Å². The van der Waals surface area contributed by atoms with Crippen LogP contribution in [0.1, 0.15) is 31.4 Å². The first-order chi connectivity index (χ1) is 14.6. The molecule has 1 heterocycles. The fraction of sp³-hybridized carbons (Fsp3) is 0.696. The molecule has 1 aromatic rings. The zero-order valence-corrected chi connectivity index (χ0v) is 22.1. The molecule has 1 aliphatic rings. The van der Waals surface area contributed by atoms with Gasteiger partial charge in [0.05, 0.1) is 19.3 Å². The lowest BCUT2D eigenvalue weighted by molar-refractivity contribution is -0.0212. The summed E-state index contributed by atoms with van der Waals surface area (Å²) < 4.78 is 10.8. The van der Waals surface area contributed by atoms with Crippen LogP contribution in [0.2, 0.25) is 0 Å². The molecule has 0 aromatic heterocycles. The Bertz CT molecular complexity index is 632. The van der Waals surface area contributed by atoms with Gasteiger partial charge in [0.2, 0.25) is 0 Å². The third-order valence-electron chi connectivity index (χ3n) is 5.16. The molecule has 0 bridgehead atoms. The molecular weight excluding hydrogens is 505 g/mol. The maximum atomic E-state index is 5.65. The van der Waals surface area contributed by atoms with Gasteiger partial charge in [-0.3, -0.25) is 4.90 Å². The number of benzene rings is 1. The van der Waals surface area contributed by atoms with Crippen molar-refractivity contribution in [3.8, 4) is 0 Å². The summed E-state index contributed by atoms with van der Waals surface area (Å²) in [5.74, 6) is 0.871. The molecule has 31 heavy (non-hydrogen) atoms. The SMILES string of the molecule is CCNC(=NCc1cccc(CN2CCOC(C)C2)c1)NCCN(C)CCCOC.I. The van der Waals surface area contributed by atoms with Crippen LogP contribution in [0, 0.1) is 0 Å². The second-order valence-electron chi connectivity index (χ2n) is 8.01. The Morgan fingerprint density at radius 2 is 2.10 bits per heavy atom. The Kier molecular flexibility index (Phi) is 15.1. The number of rotatable bonds is 12. The van der Waals surface area contributed by atoms with Crippen molar-refractivity contribution in [2.24, 2.45) is 4.99 Å². The Labute approximate surface area is 206 Å². The average molecular weight is 548 g/mol. The lowest BCUT2D eigenvalue weighted by Gasteiger charge is -2.31. The molecule has 0 spiro atoms. The molecule has 2 rings (SSSR count). The fourth-order valence-corrected chi connectivity index (χ4v) is 3.59. The van der Waals surface area contributed by atoms with Crippen molar-refractivity contribution < 1.29 is 9.47 Å². The van der Waals surface area contributed by atoms with Gasteiger partial charge in [-0.25, -0.2) is 4.99 Å². The van der Waals surface area contributed by atoms with Gasteiger partial charge in [-0.1, -0.05) is 24.3 Å². The number of guanidine groups is 1. The van der Waals surface area contributed by atoms with Crippen LogP contribution >= 0.6 is 24.0 Å². The number of ether oxygens (including phenoxy) is 2. The minimum Gasteiger partial charge on any atom is -0.385 e. The quantitative estimate of drug-likeness (QED) is 0.182. The molecule has 1 saturated heterocycles. The molecule has 7 nitrogen and oxygen atoms in total. The van der Waals surface area contributed by atoms with Crippen LogP contribution in [0.5, 0.6) is 0 Å². The van der Waals surface area contributed by atoms with Crippen molar-refractivity contribution in [1.29, 1.82) is 0 Å². The predicted molar refractivity (Wildman–Crippen MR) is 139 cm³/mol. The average Bonchev–Trinajstić information content (AvgIpc) is 2.72. The van der Waals surface area contributed by atoms with Crippen molar-refractivity contribution in [1.82, 2.24) is 20.4 Å². The number of hydrogen-bond donors (Lipinski definition) is 2. The van der Waals surface area contributed by atoms with Gasteiger partial charge in [0.15, 0.2) is 5.96 Å². The summed E-state index contributed by atoms with van der Waals surface area (Å²) in [6.45, 7) is 13.2. The van der Waals surface area contributed by atoms with Crippen molar-refractivity contribution in [3.63, 3.8) is 0 Å². The van der Waals surface area contributed by atoms with E-state index in [0.717, 1.165) is 71.4 Å². The van der Waals surface area contributed by atoms with Crippen LogP contribution in [0.25, 0.3) is 0 Å². The van der Waals surface area contributed by atoms with Crippen LogP contribution in [0.15, 0.2) is 29.3 Å². The van der Waals surface area contributed by atoms with E-state index in [4.69, 9.17) is 14.5 Å². The largest absolute Gasteiger partial charge is 0.385 e. The third kappa shape index (κ3) is 12.0. The molecule has 0 saturated carbocycles. The van der Waals surface area contributed by atoms with Gasteiger partial charge >= 0.3 is 0 Å². The molecule has 1 atom stereocenters. The van der Waals surface area contributed by atoms with E-state index in [1.54, 1.807) is 7.11 Å². The summed E-state index contributed by atoms with van der Waals surface area (Å²) >= 11 is 0. The van der Waals surface area contributed by atoms with Crippen LogP contribution in [0.4, 0.5) is 0 Å². The normalized spacial score (nSPS) is 17.5. The zero-order valence-electron chi connectivity index (χ0n) is 19.7. The predicted octanol–water partition coefficient (Wildman–Crippen LogP) is 2.55. The third-order valence-corrected chi connectivity index (χ3v) is 5.16. The summed E-state index contributed by atoms with van der Waals surface area (Å²) in [4.78, 5) is 9.55. The molecule has 2 N–H and O–H groups in total. The van der Waals surface area contributed by atoms with Crippen LogP contribution in [-0.4, -0.2) is 88.5 Å². The summed E-state index contributed by atoms with van der Waals surface area (Å²) in [7, 11) is 3.89. The number of aliphatic imine (C=N–C) groups is 1. The molecule has 0 radical (unpaired) electrons. The molecule has 1 aliphatic heterocycles. The monoisotopic (exact) mass is 547 g/mol. The van der Waals surface area contributed by atoms with Gasteiger partial charge < -0.3 is 25.0 Å². The summed E-state index contributed by atoms with van der Waals surface area (Å²) in [6.07, 6.45) is 1.38. The molecule has 0 aliphatic carbocycles. The first kappa shape index (κ1) is 28.1. The first-order valence-electron chi connectivity index (χ1n) is 11.2. The highest BCUT2D eigenvalue weighted by atomic mass is 127. The fourth-order valence-electron chi connectivity index (χ4n) is 3.59. The Morgan fingerprint density at radius 1 is 1.29 bits per heavy atom. The maximum Gasteiger partial charge on any atom is 0.191 e. The van der Waals surface area contributed by atoms with E-state index >= 15 is 0 Å². The minimum atomic E-state index is 0. The number of nitrogens with zero attached hydrogens (tertiary/aromatic N) is 3. The Balaban J connectivity index is 0.00000480. The molecule has 0 amide bonds. The number of halogens is 1. The summed E-state index contributed by atoms with van der Waals surface area (Å²) in [6, 6.07) is 8.77. The van der Waals surface area contributed by atoms with Crippen molar-refractivity contribution >= 4 is 29.9 Å². The van der Waals surface area contributed by atoms with E-state index < -0.39 is 0 Å².